The summed E-state index contributed by atoms with van der Waals surface area (Å²) in [6, 6.07) is 16.5. The summed E-state index contributed by atoms with van der Waals surface area (Å²) in [5.41, 5.74) is 4.31. The number of anilines is 2. The van der Waals surface area contributed by atoms with E-state index in [4.69, 9.17) is 4.74 Å². The Morgan fingerprint density at radius 1 is 1.19 bits per heavy atom. The van der Waals surface area contributed by atoms with Gasteiger partial charge in [-0.2, -0.15) is 0 Å². The number of rotatable bonds is 6. The minimum atomic E-state index is -0.517. The van der Waals surface area contributed by atoms with Crippen LogP contribution < -0.4 is 20.8 Å². The smallest absolute Gasteiger partial charge is 0.240 e. The first-order valence-electron chi connectivity index (χ1n) is 7.94. The van der Waals surface area contributed by atoms with Gasteiger partial charge in [0.15, 0.2) is 5.17 Å². The molecular weight excluding hydrogens is 352 g/mol. The van der Waals surface area contributed by atoms with Crippen LogP contribution in [0.5, 0.6) is 5.75 Å². The molecule has 1 atom stereocenters. The molecule has 1 heterocycles. The van der Waals surface area contributed by atoms with Crippen molar-refractivity contribution >= 4 is 40.1 Å². The lowest BCUT2D eigenvalue weighted by atomic mass is 10.2. The topological polar surface area (TPSA) is 91.8 Å². The van der Waals surface area contributed by atoms with Crippen LogP contribution in [-0.2, 0) is 9.59 Å². The van der Waals surface area contributed by atoms with E-state index in [0.717, 1.165) is 5.69 Å². The summed E-state index contributed by atoms with van der Waals surface area (Å²) in [6.45, 7) is 0. The molecule has 0 aromatic heterocycles. The molecule has 1 fully saturated rings. The summed E-state index contributed by atoms with van der Waals surface area (Å²) >= 11 is 1.23. The van der Waals surface area contributed by atoms with Gasteiger partial charge in [-0.3, -0.25) is 15.0 Å². The second-order valence-corrected chi connectivity index (χ2v) is 6.67. The first kappa shape index (κ1) is 17.8. The molecule has 2 amide bonds. The number of nitrogens with zero attached hydrogens (tertiary/aromatic N) is 1. The van der Waals surface area contributed by atoms with Crippen molar-refractivity contribution in [2.24, 2.45) is 5.10 Å². The summed E-state index contributed by atoms with van der Waals surface area (Å²) in [7, 11) is 1.56. The van der Waals surface area contributed by atoms with Crippen molar-refractivity contribution in [3.8, 4) is 5.75 Å². The fraction of sp³-hybridized carbons (Fsp3) is 0.167. The second kappa shape index (κ2) is 8.39. The molecule has 7 nitrogen and oxygen atoms in total. The number of nitrogens with one attached hydrogen (secondary N) is 3. The maximum absolute atomic E-state index is 12.2. The van der Waals surface area contributed by atoms with Gasteiger partial charge in [0.25, 0.3) is 0 Å². The number of para-hydroxylation sites is 1. The highest BCUT2D eigenvalue weighted by Crippen LogP contribution is 2.24. The zero-order valence-electron chi connectivity index (χ0n) is 14.1. The van der Waals surface area contributed by atoms with Crippen molar-refractivity contribution in [2.45, 2.75) is 11.7 Å². The number of amidine groups is 1. The molecule has 0 spiro atoms. The monoisotopic (exact) mass is 370 g/mol. The van der Waals surface area contributed by atoms with Crippen LogP contribution in [0.1, 0.15) is 6.42 Å². The number of amides is 2. The van der Waals surface area contributed by atoms with Gasteiger partial charge >= 0.3 is 0 Å². The van der Waals surface area contributed by atoms with Crippen molar-refractivity contribution in [2.75, 3.05) is 17.9 Å². The van der Waals surface area contributed by atoms with Gasteiger partial charge in [0.05, 0.1) is 12.8 Å². The number of hydrogen-bond acceptors (Lipinski definition) is 6. The summed E-state index contributed by atoms with van der Waals surface area (Å²) in [5.74, 6) is 0.171. The molecule has 26 heavy (non-hydrogen) atoms. The van der Waals surface area contributed by atoms with E-state index in [-0.39, 0.29) is 18.2 Å². The summed E-state index contributed by atoms with van der Waals surface area (Å²) in [6.07, 6.45) is 0.0536. The van der Waals surface area contributed by atoms with E-state index < -0.39 is 5.25 Å². The summed E-state index contributed by atoms with van der Waals surface area (Å²) in [4.78, 5) is 24.2. The van der Waals surface area contributed by atoms with E-state index in [1.165, 1.54) is 11.8 Å². The number of ether oxygens (including phenoxy) is 1. The molecular formula is C18H18N4O3S. The van der Waals surface area contributed by atoms with Gasteiger partial charge < -0.3 is 15.4 Å². The molecule has 1 saturated heterocycles. The van der Waals surface area contributed by atoms with Crippen LogP contribution >= 0.6 is 11.8 Å². The summed E-state index contributed by atoms with van der Waals surface area (Å²) in [5, 5.41) is 9.53. The third-order valence-corrected chi connectivity index (χ3v) is 4.64. The lowest BCUT2D eigenvalue weighted by Crippen LogP contribution is -2.28. The van der Waals surface area contributed by atoms with E-state index in [1.807, 2.05) is 30.3 Å². The van der Waals surface area contributed by atoms with Gasteiger partial charge in [-0.25, -0.2) is 0 Å². The Morgan fingerprint density at radius 3 is 2.73 bits per heavy atom. The standard InChI is InChI=1S/C18H18N4O3S/c1-25-14-9-5-8-13(10-14)19-16(23)11-15-17(24)20-18(26-15)22-21-12-6-3-2-4-7-12/h2-10,15,21H,11H2,1H3,(H,19,23)(H,20,22,24)/t15-/m0/s1. The molecule has 2 aromatic carbocycles. The Morgan fingerprint density at radius 2 is 1.96 bits per heavy atom. The first-order valence-corrected chi connectivity index (χ1v) is 8.82. The van der Waals surface area contributed by atoms with Gasteiger partial charge in [-0.1, -0.05) is 36.0 Å². The van der Waals surface area contributed by atoms with Crippen molar-refractivity contribution in [3.05, 3.63) is 54.6 Å². The maximum Gasteiger partial charge on any atom is 0.240 e. The maximum atomic E-state index is 12.2. The van der Waals surface area contributed by atoms with Crippen molar-refractivity contribution in [1.82, 2.24) is 5.32 Å². The molecule has 2 aromatic rings. The van der Waals surface area contributed by atoms with Gasteiger partial charge in [0.1, 0.15) is 11.0 Å². The molecule has 8 heteroatoms. The third kappa shape index (κ3) is 4.76. The molecule has 0 unspecified atom stereocenters. The van der Waals surface area contributed by atoms with Crippen molar-refractivity contribution in [3.63, 3.8) is 0 Å². The molecule has 3 N–H and O–H groups in total. The first-order chi connectivity index (χ1) is 12.6. The van der Waals surface area contributed by atoms with Crippen LogP contribution in [0, 0.1) is 0 Å². The van der Waals surface area contributed by atoms with E-state index in [1.54, 1.807) is 31.4 Å². The van der Waals surface area contributed by atoms with E-state index >= 15 is 0 Å². The van der Waals surface area contributed by atoms with Gasteiger partial charge in [-0.05, 0) is 24.3 Å². The number of thioether (sulfide) groups is 1. The third-order valence-electron chi connectivity index (χ3n) is 3.56. The SMILES string of the molecule is COc1cccc(NC(=O)C[C@@H]2S/C(=N/Nc3ccccc3)NC2=O)c1. The zero-order chi connectivity index (χ0) is 18.4. The Hall–Kier alpha value is -3.00. The van der Waals surface area contributed by atoms with Crippen molar-refractivity contribution in [1.29, 1.82) is 0 Å². The van der Waals surface area contributed by atoms with Gasteiger partial charge in [0.2, 0.25) is 11.8 Å². The van der Waals surface area contributed by atoms with Crippen LogP contribution in [0.2, 0.25) is 0 Å². The van der Waals surface area contributed by atoms with E-state index in [9.17, 15) is 9.59 Å². The highest BCUT2D eigenvalue weighted by atomic mass is 32.2. The fourth-order valence-electron chi connectivity index (χ4n) is 2.30. The van der Waals surface area contributed by atoms with Crippen LogP contribution in [0.25, 0.3) is 0 Å². The number of carbonyl (C=O) groups excluding carboxylic acids is 2. The lowest BCUT2D eigenvalue weighted by molar-refractivity contribution is -0.122. The van der Waals surface area contributed by atoms with Crippen molar-refractivity contribution < 1.29 is 14.3 Å². The van der Waals surface area contributed by atoms with Crippen LogP contribution in [-0.4, -0.2) is 29.3 Å². The summed E-state index contributed by atoms with van der Waals surface area (Å²) < 4.78 is 5.12. The quantitative estimate of drug-likeness (QED) is 0.680. The highest BCUT2D eigenvalue weighted by molar-refractivity contribution is 8.15. The Balaban J connectivity index is 1.54. The number of hydrogen-bond donors (Lipinski definition) is 3. The van der Waals surface area contributed by atoms with Crippen LogP contribution in [0.15, 0.2) is 59.7 Å². The zero-order valence-corrected chi connectivity index (χ0v) is 14.9. The average Bonchev–Trinajstić information content (AvgIpc) is 3.00. The fourth-order valence-corrected chi connectivity index (χ4v) is 3.23. The van der Waals surface area contributed by atoms with Crippen LogP contribution in [0.3, 0.4) is 0 Å². The Bertz CT molecular complexity index is 826. The normalized spacial score (nSPS) is 17.7. The van der Waals surface area contributed by atoms with E-state index in [0.29, 0.717) is 16.6 Å². The molecule has 0 aliphatic carbocycles. The van der Waals surface area contributed by atoms with E-state index in [2.05, 4.69) is 21.2 Å². The second-order valence-electron chi connectivity index (χ2n) is 5.47. The number of methoxy groups -OCH3 is 1. The minimum absolute atomic E-state index is 0.0536. The predicted molar refractivity (Wildman–Crippen MR) is 103 cm³/mol. The van der Waals surface area contributed by atoms with Gasteiger partial charge in [0, 0.05) is 18.2 Å². The number of benzene rings is 2. The predicted octanol–water partition coefficient (Wildman–Crippen LogP) is 2.64. The number of carbonyl (C=O) groups is 2. The highest BCUT2D eigenvalue weighted by Gasteiger charge is 2.32. The van der Waals surface area contributed by atoms with Crippen LogP contribution in [0.4, 0.5) is 11.4 Å². The molecule has 1 aliphatic heterocycles. The molecule has 0 saturated carbocycles. The number of hydrazone groups is 1. The molecule has 134 valence electrons. The minimum Gasteiger partial charge on any atom is -0.497 e. The molecule has 0 radical (unpaired) electrons. The lowest BCUT2D eigenvalue weighted by Gasteiger charge is -2.08. The average molecular weight is 370 g/mol. The molecule has 3 rings (SSSR count). The molecule has 1 aliphatic rings. The van der Waals surface area contributed by atoms with Gasteiger partial charge in [-0.15, -0.1) is 5.10 Å². The largest absolute Gasteiger partial charge is 0.497 e. The Labute approximate surface area is 155 Å². The Kier molecular flexibility index (Phi) is 5.75. The molecule has 0 bridgehead atoms.